The predicted molar refractivity (Wildman–Crippen MR) is 115 cm³/mol. The van der Waals surface area contributed by atoms with E-state index in [0.29, 0.717) is 28.6 Å². The Morgan fingerprint density at radius 1 is 1.09 bits per heavy atom. The first-order valence-corrected chi connectivity index (χ1v) is 10.1. The topological polar surface area (TPSA) is 103 Å². The highest BCUT2D eigenvalue weighted by Gasteiger charge is 2.37. The Hall–Kier alpha value is -4.01. The molecule has 1 N–H and O–H groups in total. The molecular weight excluding hydrogens is 416 g/mol. The fourth-order valence-electron chi connectivity index (χ4n) is 3.25. The van der Waals surface area contributed by atoms with Crippen molar-refractivity contribution in [1.29, 1.82) is 0 Å². The average molecular weight is 438 g/mol. The first-order valence-electron chi connectivity index (χ1n) is 10.1. The third-order valence-electron chi connectivity index (χ3n) is 5.12. The van der Waals surface area contributed by atoms with Gasteiger partial charge in [0.2, 0.25) is 6.79 Å². The molecule has 166 valence electrons. The van der Waals surface area contributed by atoms with Crippen LogP contribution in [-0.4, -0.2) is 37.9 Å². The number of ether oxygens (including phenoxy) is 4. The molecule has 9 heteroatoms. The molecule has 2 aliphatic rings. The average Bonchev–Trinajstić information content (AvgIpc) is 3.25. The largest absolute Gasteiger partial charge is 0.493 e. The summed E-state index contributed by atoms with van der Waals surface area (Å²) in [6, 6.07) is 8.88. The molecule has 1 fully saturated rings. The monoisotopic (exact) mass is 438 g/mol. The molecule has 2 aliphatic heterocycles. The maximum absolute atomic E-state index is 13.1. The molecule has 4 amide bonds. The van der Waals surface area contributed by atoms with Crippen LogP contribution in [0.5, 0.6) is 23.0 Å². The highest BCUT2D eigenvalue weighted by atomic mass is 16.7. The van der Waals surface area contributed by atoms with Gasteiger partial charge in [0.05, 0.1) is 18.9 Å². The van der Waals surface area contributed by atoms with Crippen molar-refractivity contribution in [2.24, 2.45) is 0 Å². The van der Waals surface area contributed by atoms with Crippen LogP contribution < -0.4 is 29.2 Å². The number of methoxy groups -OCH3 is 1. The number of barbiturate groups is 1. The molecule has 0 spiro atoms. The maximum atomic E-state index is 13.1. The zero-order valence-corrected chi connectivity index (χ0v) is 17.8. The van der Waals surface area contributed by atoms with Crippen LogP contribution in [0.25, 0.3) is 6.08 Å². The third kappa shape index (κ3) is 3.96. The quantitative estimate of drug-likeness (QED) is 0.545. The van der Waals surface area contributed by atoms with E-state index in [2.05, 4.69) is 5.32 Å². The first-order chi connectivity index (χ1) is 15.4. The molecule has 0 radical (unpaired) electrons. The SMILES string of the molecule is CC[C@@H](C)Oc1ccc(/C=C2\C(=O)NC(=O)N(c3ccc4c(c3)OCO4)C2=O)cc1OC. The van der Waals surface area contributed by atoms with Crippen molar-refractivity contribution in [1.82, 2.24) is 5.32 Å². The van der Waals surface area contributed by atoms with Gasteiger partial charge in [-0.25, -0.2) is 9.69 Å². The number of nitrogens with zero attached hydrogens (tertiary/aromatic N) is 1. The highest BCUT2D eigenvalue weighted by molar-refractivity contribution is 6.39. The van der Waals surface area contributed by atoms with Gasteiger partial charge in [0.25, 0.3) is 11.8 Å². The van der Waals surface area contributed by atoms with E-state index in [1.165, 1.54) is 19.3 Å². The molecule has 4 rings (SSSR count). The van der Waals surface area contributed by atoms with Crippen molar-refractivity contribution in [2.45, 2.75) is 26.4 Å². The van der Waals surface area contributed by atoms with E-state index in [4.69, 9.17) is 18.9 Å². The number of urea groups is 1. The second-order valence-corrected chi connectivity index (χ2v) is 7.24. The molecule has 2 aromatic carbocycles. The fraction of sp³-hybridized carbons (Fsp3) is 0.261. The summed E-state index contributed by atoms with van der Waals surface area (Å²) in [5.41, 5.74) is 0.599. The molecule has 0 aliphatic carbocycles. The summed E-state index contributed by atoms with van der Waals surface area (Å²) in [4.78, 5) is 38.9. The molecule has 0 bridgehead atoms. The molecule has 2 aromatic rings. The van der Waals surface area contributed by atoms with Gasteiger partial charge >= 0.3 is 6.03 Å². The number of hydrogen-bond donors (Lipinski definition) is 1. The van der Waals surface area contributed by atoms with E-state index < -0.39 is 17.8 Å². The summed E-state index contributed by atoms with van der Waals surface area (Å²) < 4.78 is 21.8. The van der Waals surface area contributed by atoms with Gasteiger partial charge in [-0.1, -0.05) is 13.0 Å². The first kappa shape index (κ1) is 21.2. The van der Waals surface area contributed by atoms with Crippen LogP contribution in [-0.2, 0) is 9.59 Å². The van der Waals surface area contributed by atoms with Crippen molar-refractivity contribution in [3.8, 4) is 23.0 Å². The molecule has 2 heterocycles. The molecular formula is C23H22N2O7. The molecule has 32 heavy (non-hydrogen) atoms. The van der Waals surface area contributed by atoms with Crippen LogP contribution in [0.2, 0.25) is 0 Å². The van der Waals surface area contributed by atoms with Gasteiger partial charge in [-0.3, -0.25) is 14.9 Å². The molecule has 0 saturated carbocycles. The van der Waals surface area contributed by atoms with E-state index in [9.17, 15) is 14.4 Å². The number of nitrogens with one attached hydrogen (secondary N) is 1. The molecule has 0 unspecified atom stereocenters. The van der Waals surface area contributed by atoms with Crippen LogP contribution >= 0.6 is 0 Å². The summed E-state index contributed by atoms with van der Waals surface area (Å²) in [7, 11) is 1.51. The lowest BCUT2D eigenvalue weighted by molar-refractivity contribution is -0.122. The van der Waals surface area contributed by atoms with Gasteiger partial charge in [-0.2, -0.15) is 0 Å². The predicted octanol–water partition coefficient (Wildman–Crippen LogP) is 3.27. The lowest BCUT2D eigenvalue weighted by atomic mass is 10.1. The van der Waals surface area contributed by atoms with E-state index in [-0.39, 0.29) is 24.2 Å². The van der Waals surface area contributed by atoms with E-state index >= 15 is 0 Å². The number of rotatable bonds is 6. The van der Waals surface area contributed by atoms with Crippen molar-refractivity contribution in [3.63, 3.8) is 0 Å². The second kappa shape index (κ2) is 8.62. The number of hydrogen-bond acceptors (Lipinski definition) is 7. The minimum absolute atomic E-state index is 0.0000702. The Kier molecular flexibility index (Phi) is 5.72. The van der Waals surface area contributed by atoms with E-state index in [0.717, 1.165) is 11.3 Å². The van der Waals surface area contributed by atoms with Gasteiger partial charge in [-0.15, -0.1) is 0 Å². The minimum atomic E-state index is -0.842. The Morgan fingerprint density at radius 2 is 1.88 bits per heavy atom. The highest BCUT2D eigenvalue weighted by Crippen LogP contribution is 2.36. The van der Waals surface area contributed by atoms with Crippen molar-refractivity contribution >= 4 is 29.6 Å². The number of benzene rings is 2. The summed E-state index contributed by atoms with van der Waals surface area (Å²) in [5.74, 6) is 0.407. The zero-order chi connectivity index (χ0) is 22.8. The number of carbonyl (C=O) groups is 3. The number of amides is 4. The minimum Gasteiger partial charge on any atom is -0.493 e. The number of carbonyl (C=O) groups excluding carboxylic acids is 3. The van der Waals surface area contributed by atoms with Crippen molar-refractivity contribution in [3.05, 3.63) is 47.5 Å². The van der Waals surface area contributed by atoms with Crippen molar-refractivity contribution < 1.29 is 33.3 Å². The van der Waals surface area contributed by atoms with E-state index in [1.54, 1.807) is 30.3 Å². The Morgan fingerprint density at radius 3 is 2.62 bits per heavy atom. The lowest BCUT2D eigenvalue weighted by Gasteiger charge is -2.26. The summed E-state index contributed by atoms with van der Waals surface area (Å²) in [6.45, 7) is 4.01. The molecule has 1 atom stereocenters. The van der Waals surface area contributed by atoms with E-state index in [1.807, 2.05) is 13.8 Å². The van der Waals surface area contributed by atoms with Crippen LogP contribution in [0.4, 0.5) is 10.5 Å². The third-order valence-corrected chi connectivity index (χ3v) is 5.12. The Labute approximate surface area is 184 Å². The smallest absolute Gasteiger partial charge is 0.335 e. The number of fused-ring (bicyclic) bond motifs is 1. The van der Waals surface area contributed by atoms with Gasteiger partial charge in [0.15, 0.2) is 23.0 Å². The van der Waals surface area contributed by atoms with Gasteiger partial charge < -0.3 is 18.9 Å². The Balaban J connectivity index is 1.66. The normalized spacial score (nSPS) is 17.4. The number of anilines is 1. The summed E-state index contributed by atoms with van der Waals surface area (Å²) in [5, 5.41) is 2.20. The van der Waals surface area contributed by atoms with Crippen molar-refractivity contribution in [2.75, 3.05) is 18.8 Å². The zero-order valence-electron chi connectivity index (χ0n) is 17.8. The summed E-state index contributed by atoms with van der Waals surface area (Å²) in [6.07, 6.45) is 2.23. The number of imide groups is 2. The standard InChI is InChI=1S/C23H22N2O7/c1-4-13(2)32-18-7-5-14(10-19(18)29-3)9-16-21(26)24-23(28)25(22(16)27)15-6-8-17-20(11-15)31-12-30-17/h5-11,13H,4,12H2,1-3H3,(H,24,26,28)/b16-9+/t13-/m1/s1. The van der Waals surface area contributed by atoms with Crippen LogP contribution in [0.1, 0.15) is 25.8 Å². The van der Waals surface area contributed by atoms with Crippen LogP contribution in [0, 0.1) is 0 Å². The van der Waals surface area contributed by atoms with Gasteiger partial charge in [0, 0.05) is 6.07 Å². The van der Waals surface area contributed by atoms with Gasteiger partial charge in [0.1, 0.15) is 5.57 Å². The Bertz CT molecular complexity index is 1130. The van der Waals surface area contributed by atoms with Crippen LogP contribution in [0.15, 0.2) is 42.0 Å². The second-order valence-electron chi connectivity index (χ2n) is 7.24. The fourth-order valence-corrected chi connectivity index (χ4v) is 3.25. The molecule has 9 nitrogen and oxygen atoms in total. The maximum Gasteiger partial charge on any atom is 0.335 e. The van der Waals surface area contributed by atoms with Crippen LogP contribution in [0.3, 0.4) is 0 Å². The summed E-state index contributed by atoms with van der Waals surface area (Å²) >= 11 is 0. The molecule has 1 saturated heterocycles. The molecule has 0 aromatic heterocycles. The van der Waals surface area contributed by atoms with Gasteiger partial charge in [-0.05, 0) is 49.2 Å². The lowest BCUT2D eigenvalue weighted by Crippen LogP contribution is -2.54.